The molecular formula is C11H13NO5S. The van der Waals surface area contributed by atoms with Crippen LogP contribution in [-0.4, -0.2) is 40.2 Å². The summed E-state index contributed by atoms with van der Waals surface area (Å²) in [6, 6.07) is 5.43. The fourth-order valence-corrected chi connectivity index (χ4v) is 1.81. The summed E-state index contributed by atoms with van der Waals surface area (Å²) < 4.78 is 26.8. The van der Waals surface area contributed by atoms with E-state index in [9.17, 15) is 18.0 Å². The van der Waals surface area contributed by atoms with Crippen molar-refractivity contribution in [2.45, 2.75) is 4.90 Å². The van der Waals surface area contributed by atoms with Crippen LogP contribution in [0.3, 0.4) is 0 Å². The van der Waals surface area contributed by atoms with E-state index in [0.717, 1.165) is 6.26 Å². The van der Waals surface area contributed by atoms with Crippen LogP contribution in [0.15, 0.2) is 29.2 Å². The van der Waals surface area contributed by atoms with Crippen molar-refractivity contribution in [2.24, 2.45) is 0 Å². The Balaban J connectivity index is 2.74. The van der Waals surface area contributed by atoms with Crippen LogP contribution in [0.1, 0.15) is 10.4 Å². The minimum atomic E-state index is -3.28. The van der Waals surface area contributed by atoms with Crippen LogP contribution in [0.2, 0.25) is 0 Å². The van der Waals surface area contributed by atoms with E-state index >= 15 is 0 Å². The second-order valence-corrected chi connectivity index (χ2v) is 5.57. The van der Waals surface area contributed by atoms with Gasteiger partial charge in [0, 0.05) is 11.8 Å². The van der Waals surface area contributed by atoms with Gasteiger partial charge >= 0.3 is 5.97 Å². The molecule has 0 saturated carbocycles. The van der Waals surface area contributed by atoms with E-state index < -0.39 is 21.7 Å². The molecule has 1 rings (SSSR count). The summed E-state index contributed by atoms with van der Waals surface area (Å²) in [4.78, 5) is 22.5. The Bertz CT molecular complexity index is 547. The number of sulfone groups is 1. The highest BCUT2D eigenvalue weighted by Gasteiger charge is 2.10. The van der Waals surface area contributed by atoms with E-state index in [1.54, 1.807) is 0 Å². The molecule has 98 valence electrons. The number of esters is 1. The highest BCUT2D eigenvalue weighted by Crippen LogP contribution is 2.10. The number of carbonyl (C=O) groups excluding carboxylic acids is 2. The molecule has 18 heavy (non-hydrogen) atoms. The maximum Gasteiger partial charge on any atom is 0.325 e. The Labute approximate surface area is 105 Å². The van der Waals surface area contributed by atoms with Crippen LogP contribution in [0.4, 0.5) is 0 Å². The molecule has 0 unspecified atom stereocenters. The minimum absolute atomic E-state index is 0.131. The number of ether oxygens (including phenoxy) is 1. The smallest absolute Gasteiger partial charge is 0.325 e. The number of hydrogen-bond donors (Lipinski definition) is 1. The van der Waals surface area contributed by atoms with Gasteiger partial charge < -0.3 is 10.1 Å². The highest BCUT2D eigenvalue weighted by atomic mass is 32.2. The second kappa shape index (κ2) is 5.63. The van der Waals surface area contributed by atoms with Crippen LogP contribution in [0, 0.1) is 0 Å². The average molecular weight is 271 g/mol. The lowest BCUT2D eigenvalue weighted by atomic mass is 10.2. The van der Waals surface area contributed by atoms with Gasteiger partial charge in [-0.3, -0.25) is 9.59 Å². The van der Waals surface area contributed by atoms with Crippen LogP contribution < -0.4 is 5.32 Å². The van der Waals surface area contributed by atoms with Crippen LogP contribution >= 0.6 is 0 Å². The molecule has 0 saturated heterocycles. The predicted octanol–water partition coefficient (Wildman–Crippen LogP) is -0.00710. The first-order chi connectivity index (χ1) is 8.34. The zero-order valence-electron chi connectivity index (χ0n) is 9.97. The zero-order chi connectivity index (χ0) is 13.8. The van der Waals surface area contributed by atoms with Crippen LogP contribution in [0.25, 0.3) is 0 Å². The molecule has 0 aliphatic heterocycles. The maximum atomic E-state index is 11.6. The normalized spacial score (nSPS) is 10.8. The third-order valence-electron chi connectivity index (χ3n) is 2.17. The summed E-state index contributed by atoms with van der Waals surface area (Å²) in [5, 5.41) is 2.34. The third-order valence-corrected chi connectivity index (χ3v) is 3.29. The zero-order valence-corrected chi connectivity index (χ0v) is 10.8. The summed E-state index contributed by atoms with van der Waals surface area (Å²) in [5.74, 6) is -1.03. The molecule has 0 heterocycles. The number of rotatable bonds is 4. The number of nitrogens with one attached hydrogen (secondary N) is 1. The molecule has 0 radical (unpaired) electrons. The van der Waals surface area contributed by atoms with Crippen molar-refractivity contribution < 1.29 is 22.7 Å². The molecule has 0 bridgehead atoms. The summed E-state index contributed by atoms with van der Waals surface area (Å²) in [6.07, 6.45) is 1.08. The number of methoxy groups -OCH3 is 1. The minimum Gasteiger partial charge on any atom is -0.468 e. The molecule has 0 fully saturated rings. The Hall–Kier alpha value is -1.89. The first-order valence-electron chi connectivity index (χ1n) is 4.99. The van der Waals surface area contributed by atoms with Crippen molar-refractivity contribution >= 4 is 21.7 Å². The Morgan fingerprint density at radius 1 is 1.22 bits per heavy atom. The van der Waals surface area contributed by atoms with Crippen LogP contribution in [-0.2, 0) is 19.4 Å². The van der Waals surface area contributed by atoms with E-state index in [1.807, 2.05) is 0 Å². The first kappa shape index (κ1) is 14.2. The third kappa shape index (κ3) is 3.85. The number of amides is 1. The van der Waals surface area contributed by atoms with Gasteiger partial charge in [-0.05, 0) is 24.3 Å². The summed E-state index contributed by atoms with van der Waals surface area (Å²) >= 11 is 0. The van der Waals surface area contributed by atoms with Gasteiger partial charge in [0.15, 0.2) is 9.84 Å². The van der Waals surface area contributed by atoms with Crippen molar-refractivity contribution in [3.63, 3.8) is 0 Å². The van der Waals surface area contributed by atoms with E-state index in [0.29, 0.717) is 0 Å². The molecular weight excluding hydrogens is 258 g/mol. The van der Waals surface area contributed by atoms with Gasteiger partial charge in [-0.15, -0.1) is 0 Å². The average Bonchev–Trinajstić information content (AvgIpc) is 2.34. The van der Waals surface area contributed by atoms with E-state index in [-0.39, 0.29) is 17.0 Å². The SMILES string of the molecule is COC(=O)CNC(=O)c1ccc(S(C)(=O)=O)cc1. The second-order valence-electron chi connectivity index (χ2n) is 3.56. The molecule has 1 aromatic carbocycles. The monoisotopic (exact) mass is 271 g/mol. The lowest BCUT2D eigenvalue weighted by Gasteiger charge is -2.04. The summed E-state index contributed by atoms with van der Waals surface area (Å²) in [7, 11) is -2.06. The van der Waals surface area contributed by atoms with Gasteiger partial charge in [-0.25, -0.2) is 8.42 Å². The van der Waals surface area contributed by atoms with Gasteiger partial charge in [0.25, 0.3) is 5.91 Å². The molecule has 0 spiro atoms. The van der Waals surface area contributed by atoms with Crippen molar-refractivity contribution in [3.8, 4) is 0 Å². The Morgan fingerprint density at radius 2 is 1.78 bits per heavy atom. The number of carbonyl (C=O) groups is 2. The molecule has 0 aromatic heterocycles. The maximum absolute atomic E-state index is 11.6. The topological polar surface area (TPSA) is 89.5 Å². The lowest BCUT2D eigenvalue weighted by Crippen LogP contribution is -2.30. The lowest BCUT2D eigenvalue weighted by molar-refractivity contribution is -0.139. The van der Waals surface area contributed by atoms with Crippen molar-refractivity contribution in [1.82, 2.24) is 5.32 Å². The van der Waals surface area contributed by atoms with Gasteiger partial charge in [-0.2, -0.15) is 0 Å². The van der Waals surface area contributed by atoms with Crippen molar-refractivity contribution in [1.29, 1.82) is 0 Å². The van der Waals surface area contributed by atoms with E-state index in [2.05, 4.69) is 10.1 Å². The Morgan fingerprint density at radius 3 is 2.22 bits per heavy atom. The molecule has 1 aromatic rings. The van der Waals surface area contributed by atoms with Crippen molar-refractivity contribution in [2.75, 3.05) is 19.9 Å². The van der Waals surface area contributed by atoms with Gasteiger partial charge in [0.1, 0.15) is 6.54 Å². The quantitative estimate of drug-likeness (QED) is 0.778. The first-order valence-corrected chi connectivity index (χ1v) is 6.89. The number of benzene rings is 1. The highest BCUT2D eigenvalue weighted by molar-refractivity contribution is 7.90. The molecule has 0 aliphatic rings. The fraction of sp³-hybridized carbons (Fsp3) is 0.273. The molecule has 1 amide bonds. The fourth-order valence-electron chi connectivity index (χ4n) is 1.18. The molecule has 0 aliphatic carbocycles. The van der Waals surface area contributed by atoms with Gasteiger partial charge in [-0.1, -0.05) is 0 Å². The molecule has 0 atom stereocenters. The molecule has 6 nitrogen and oxygen atoms in total. The van der Waals surface area contributed by atoms with E-state index in [1.165, 1.54) is 31.4 Å². The van der Waals surface area contributed by atoms with Crippen LogP contribution in [0.5, 0.6) is 0 Å². The molecule has 1 N–H and O–H groups in total. The summed E-state index contributed by atoms with van der Waals surface area (Å²) in [6.45, 7) is -0.233. The predicted molar refractivity (Wildman–Crippen MR) is 63.9 cm³/mol. The summed E-state index contributed by atoms with van der Waals surface area (Å²) in [5.41, 5.74) is 0.270. The van der Waals surface area contributed by atoms with E-state index in [4.69, 9.17) is 0 Å². The molecule has 7 heteroatoms. The van der Waals surface area contributed by atoms with Gasteiger partial charge in [0.2, 0.25) is 0 Å². The Kier molecular flexibility index (Phi) is 4.43. The standard InChI is InChI=1S/C11H13NO5S/c1-17-10(13)7-12-11(14)8-3-5-9(6-4-8)18(2,15)16/h3-6H,7H2,1-2H3,(H,12,14). The largest absolute Gasteiger partial charge is 0.468 e. The van der Waals surface area contributed by atoms with Crippen molar-refractivity contribution in [3.05, 3.63) is 29.8 Å². The van der Waals surface area contributed by atoms with Gasteiger partial charge in [0.05, 0.1) is 12.0 Å². The number of hydrogen-bond acceptors (Lipinski definition) is 5.